The van der Waals surface area contributed by atoms with Crippen molar-refractivity contribution < 1.29 is 33.4 Å². The van der Waals surface area contributed by atoms with Crippen molar-refractivity contribution in [2.75, 3.05) is 27.9 Å². The van der Waals surface area contributed by atoms with Crippen molar-refractivity contribution in [3.05, 3.63) is 84.7 Å². The lowest BCUT2D eigenvalue weighted by Gasteiger charge is -2.40. The van der Waals surface area contributed by atoms with Gasteiger partial charge in [-0.1, -0.05) is 62.4 Å². The van der Waals surface area contributed by atoms with Crippen LogP contribution >= 0.6 is 0 Å². The molecule has 4 fully saturated rings. The number of nitrogens with zero attached hydrogens (tertiary/aromatic N) is 4. The molecule has 15 heteroatoms. The quantitative estimate of drug-likeness (QED) is 0.0968. The molecule has 3 aromatic carbocycles. The highest BCUT2D eigenvalue weighted by atomic mass is 16.5. The fourth-order valence-electron chi connectivity index (χ4n) is 10.3. The number of fused-ring (bicyclic) bond motifs is 3. The summed E-state index contributed by atoms with van der Waals surface area (Å²) in [7, 11) is 4.12. The van der Waals surface area contributed by atoms with Crippen LogP contribution < -0.4 is 10.6 Å². The van der Waals surface area contributed by atoms with Crippen LogP contribution in [0, 0.1) is 17.3 Å². The number of hydrogen-bond acceptors (Lipinski definition) is 9. The van der Waals surface area contributed by atoms with E-state index in [-0.39, 0.29) is 47.2 Å². The van der Waals surface area contributed by atoms with Gasteiger partial charge in [-0.05, 0) is 109 Å². The highest BCUT2D eigenvalue weighted by molar-refractivity contribution is 5.91. The number of carbonyl (C=O) groups excluding carboxylic acids is 4. The lowest BCUT2D eigenvalue weighted by molar-refractivity contribution is -0.145. The van der Waals surface area contributed by atoms with Crippen LogP contribution in [0.25, 0.3) is 44.4 Å². The number of ether oxygens (including phenoxy) is 3. The molecule has 2 saturated carbocycles. The number of H-pyrrole nitrogens is 2. The molecule has 6 unspecified atom stereocenters. The van der Waals surface area contributed by atoms with E-state index in [0.29, 0.717) is 6.54 Å². The van der Waals surface area contributed by atoms with Gasteiger partial charge in [0.1, 0.15) is 23.7 Å². The minimum atomic E-state index is -0.972. The summed E-state index contributed by atoms with van der Waals surface area (Å²) in [4.78, 5) is 73.2. The Bertz CT molecular complexity index is 2580. The number of imidazole rings is 2. The zero-order chi connectivity index (χ0) is 45.1. The molecule has 2 bridgehead atoms. The van der Waals surface area contributed by atoms with E-state index in [1.54, 1.807) is 13.8 Å². The molecule has 4 heterocycles. The number of aromatic amines is 2. The topological polar surface area (TPSA) is 184 Å². The number of alkyl carbamates (subject to hydrolysis) is 2. The maximum Gasteiger partial charge on any atom is 0.407 e. The SMILES string of the molecule is COC(=O)NC(C(=O)N1CC2(CC2)CC1c1ncc(-c2ccc(-c3ccc4cc(-c5cnc(C6C7CCC(C7)N6C(=O)C(NC(=O)OC)C(C)(C)OC)[nH]5)ccc4c3)cc2)[nH]1)C(C)C. The van der Waals surface area contributed by atoms with Crippen LogP contribution in [0.15, 0.2) is 73.1 Å². The number of aromatic nitrogens is 4. The van der Waals surface area contributed by atoms with Crippen molar-refractivity contribution in [2.45, 2.75) is 102 Å². The first-order valence-corrected chi connectivity index (χ1v) is 22.3. The van der Waals surface area contributed by atoms with Gasteiger partial charge in [-0.25, -0.2) is 19.6 Å². The van der Waals surface area contributed by atoms with Crippen LogP contribution in [0.2, 0.25) is 0 Å². The summed E-state index contributed by atoms with van der Waals surface area (Å²) < 4.78 is 15.4. The summed E-state index contributed by atoms with van der Waals surface area (Å²) in [6.07, 6.45) is 8.19. The Balaban J connectivity index is 0.897. The lowest BCUT2D eigenvalue weighted by Crippen LogP contribution is -2.60. The molecule has 2 saturated heterocycles. The first-order valence-electron chi connectivity index (χ1n) is 22.3. The van der Waals surface area contributed by atoms with Gasteiger partial charge in [-0.15, -0.1) is 0 Å². The van der Waals surface area contributed by atoms with Gasteiger partial charge in [0.25, 0.3) is 0 Å². The minimum absolute atomic E-state index is 0.0550. The van der Waals surface area contributed by atoms with Crippen LogP contribution in [0.3, 0.4) is 0 Å². The number of piperidine rings is 1. The Morgan fingerprint density at radius 2 is 1.36 bits per heavy atom. The largest absolute Gasteiger partial charge is 0.453 e. The summed E-state index contributed by atoms with van der Waals surface area (Å²) in [5.41, 5.74) is 5.04. The highest BCUT2D eigenvalue weighted by Gasteiger charge is 2.56. The molecule has 336 valence electrons. The summed E-state index contributed by atoms with van der Waals surface area (Å²) >= 11 is 0. The van der Waals surface area contributed by atoms with Crippen molar-refractivity contribution >= 4 is 34.8 Å². The van der Waals surface area contributed by atoms with Crippen LogP contribution in [-0.2, 0) is 23.8 Å². The molecule has 6 atom stereocenters. The molecular weight excluding hydrogens is 813 g/mol. The number of benzene rings is 3. The zero-order valence-electron chi connectivity index (χ0n) is 37.6. The third-order valence-electron chi connectivity index (χ3n) is 14.4. The van der Waals surface area contributed by atoms with Crippen LogP contribution in [0.4, 0.5) is 9.59 Å². The standard InChI is InChI=1S/C49H58N8O7/c1-27(2)39(54-46(60)62-5)44(58)56-26-49(18-19-49)23-38(56)42-50-24-36(52-42)29-10-8-28(9-11-29)30-12-13-32-21-33(15-14-31(32)20-30)37-25-51-43(53-37)40-34-16-17-35(22-34)57(40)45(59)41(48(3,4)64-7)55-47(61)63-6/h8-15,20-21,24-25,27,34-35,38-41H,16-19,22-23,26H2,1-7H3,(H,50,52)(H,51,53)(H,54,60)(H,55,61). The normalized spacial score (nSPS) is 21.9. The average molecular weight is 871 g/mol. The monoisotopic (exact) mass is 870 g/mol. The smallest absolute Gasteiger partial charge is 0.407 e. The second-order valence-corrected chi connectivity index (χ2v) is 19.1. The fourth-order valence-corrected chi connectivity index (χ4v) is 10.3. The fraction of sp³-hybridized carbons (Fsp3) is 0.469. The molecule has 1 spiro atoms. The van der Waals surface area contributed by atoms with E-state index in [4.69, 9.17) is 24.2 Å². The Kier molecular flexibility index (Phi) is 11.2. The molecule has 0 radical (unpaired) electrons. The summed E-state index contributed by atoms with van der Waals surface area (Å²) in [6, 6.07) is 19.2. The third-order valence-corrected chi connectivity index (χ3v) is 14.4. The van der Waals surface area contributed by atoms with Gasteiger partial charge in [0, 0.05) is 25.3 Å². The average Bonchev–Trinajstić information content (AvgIpc) is 3.94. The lowest BCUT2D eigenvalue weighted by atomic mass is 9.93. The van der Waals surface area contributed by atoms with Gasteiger partial charge in [0.05, 0.1) is 55.7 Å². The Hall–Kier alpha value is -6.22. The predicted molar refractivity (Wildman–Crippen MR) is 241 cm³/mol. The van der Waals surface area contributed by atoms with E-state index in [9.17, 15) is 19.2 Å². The number of hydrogen-bond donors (Lipinski definition) is 4. The van der Waals surface area contributed by atoms with Crippen LogP contribution in [0.1, 0.15) is 90.0 Å². The van der Waals surface area contributed by atoms with Crippen molar-refractivity contribution in [1.82, 2.24) is 40.4 Å². The van der Waals surface area contributed by atoms with E-state index in [2.05, 4.69) is 81.3 Å². The first-order chi connectivity index (χ1) is 30.7. The van der Waals surface area contributed by atoms with Crippen molar-refractivity contribution in [1.29, 1.82) is 0 Å². The minimum Gasteiger partial charge on any atom is -0.453 e. The Morgan fingerprint density at radius 3 is 2.02 bits per heavy atom. The summed E-state index contributed by atoms with van der Waals surface area (Å²) in [5.74, 6) is 1.32. The van der Waals surface area contributed by atoms with Crippen molar-refractivity contribution in [3.63, 3.8) is 0 Å². The van der Waals surface area contributed by atoms with E-state index in [1.807, 2.05) is 36.0 Å². The van der Waals surface area contributed by atoms with Crippen LogP contribution in [-0.4, -0.2) is 105 Å². The van der Waals surface area contributed by atoms with Gasteiger partial charge in [-0.3, -0.25) is 9.59 Å². The van der Waals surface area contributed by atoms with Gasteiger partial charge in [-0.2, -0.15) is 0 Å². The molecule has 9 rings (SSSR count). The number of methoxy groups -OCH3 is 3. The van der Waals surface area contributed by atoms with E-state index in [1.165, 1.54) is 21.3 Å². The highest BCUT2D eigenvalue weighted by Crippen LogP contribution is 2.58. The molecule has 4 aliphatic rings. The number of likely N-dealkylation sites (tertiary alicyclic amines) is 2. The molecule has 2 aliphatic carbocycles. The van der Waals surface area contributed by atoms with Crippen LogP contribution in [0.5, 0.6) is 0 Å². The predicted octanol–water partition coefficient (Wildman–Crippen LogP) is 7.92. The van der Waals surface area contributed by atoms with E-state index < -0.39 is 29.9 Å². The summed E-state index contributed by atoms with van der Waals surface area (Å²) in [6.45, 7) is 8.08. The maximum atomic E-state index is 14.3. The van der Waals surface area contributed by atoms with Crippen molar-refractivity contribution in [3.8, 4) is 33.6 Å². The summed E-state index contributed by atoms with van der Waals surface area (Å²) in [5, 5.41) is 7.67. The number of carbonyl (C=O) groups is 4. The molecule has 2 aliphatic heterocycles. The molecule has 15 nitrogen and oxygen atoms in total. The maximum absolute atomic E-state index is 14.3. The molecule has 4 N–H and O–H groups in total. The molecule has 64 heavy (non-hydrogen) atoms. The van der Waals surface area contributed by atoms with Crippen molar-refractivity contribution in [2.24, 2.45) is 17.3 Å². The molecular formula is C49H58N8O7. The Morgan fingerprint density at radius 1 is 0.766 bits per heavy atom. The van der Waals surface area contributed by atoms with Gasteiger partial charge >= 0.3 is 12.2 Å². The van der Waals surface area contributed by atoms with E-state index >= 15 is 0 Å². The second-order valence-electron chi connectivity index (χ2n) is 19.1. The number of amides is 4. The number of rotatable bonds is 12. The van der Waals surface area contributed by atoms with Gasteiger partial charge in [0.2, 0.25) is 11.8 Å². The number of nitrogens with one attached hydrogen (secondary N) is 4. The zero-order valence-corrected chi connectivity index (χ0v) is 37.6. The third kappa shape index (κ3) is 7.99. The molecule has 4 amide bonds. The second kappa shape index (κ2) is 16.7. The Labute approximate surface area is 373 Å². The molecule has 5 aromatic rings. The molecule has 2 aromatic heterocycles. The van der Waals surface area contributed by atoms with Gasteiger partial charge in [0.15, 0.2) is 0 Å². The van der Waals surface area contributed by atoms with Gasteiger partial charge < -0.3 is 44.6 Å². The van der Waals surface area contributed by atoms with E-state index in [0.717, 1.165) is 94.6 Å². The first kappa shape index (κ1) is 43.1.